The first-order valence-electron chi connectivity index (χ1n) is 8.25. The van der Waals surface area contributed by atoms with E-state index in [1.54, 1.807) is 4.90 Å². The van der Waals surface area contributed by atoms with E-state index in [-0.39, 0.29) is 18.1 Å². The molecule has 2 N–H and O–H groups in total. The Kier molecular flexibility index (Phi) is 6.37. The zero-order chi connectivity index (χ0) is 17.7. The Morgan fingerprint density at radius 1 is 1.21 bits per heavy atom. The van der Waals surface area contributed by atoms with Crippen molar-refractivity contribution >= 4 is 15.7 Å². The van der Waals surface area contributed by atoms with Crippen LogP contribution < -0.4 is 5.73 Å². The van der Waals surface area contributed by atoms with Gasteiger partial charge in [-0.05, 0) is 24.5 Å². The molecule has 0 aromatic heterocycles. The van der Waals surface area contributed by atoms with Crippen molar-refractivity contribution in [2.75, 3.05) is 38.2 Å². The number of aryl methyl sites for hydroxylation is 1. The molecule has 1 atom stereocenters. The van der Waals surface area contributed by atoms with Gasteiger partial charge in [0.2, 0.25) is 5.91 Å². The van der Waals surface area contributed by atoms with Crippen LogP contribution in [0.4, 0.5) is 0 Å². The number of carbonyl (C=O) groups is 1. The molecule has 1 aromatic carbocycles. The molecule has 1 fully saturated rings. The maximum Gasteiger partial charge on any atom is 0.239 e. The Labute approximate surface area is 144 Å². The molecule has 1 aliphatic heterocycles. The highest BCUT2D eigenvalue weighted by Crippen LogP contribution is 2.13. The van der Waals surface area contributed by atoms with E-state index < -0.39 is 15.9 Å². The molecule has 0 spiro atoms. The van der Waals surface area contributed by atoms with Crippen molar-refractivity contribution in [2.45, 2.75) is 25.9 Å². The van der Waals surface area contributed by atoms with Crippen molar-refractivity contribution in [3.05, 3.63) is 35.4 Å². The average molecular weight is 353 g/mol. The van der Waals surface area contributed by atoms with Gasteiger partial charge in [-0.2, -0.15) is 0 Å². The molecule has 1 aromatic rings. The Balaban J connectivity index is 1.81. The largest absolute Gasteiger partial charge is 0.339 e. The Morgan fingerprint density at radius 2 is 1.83 bits per heavy atom. The van der Waals surface area contributed by atoms with Crippen LogP contribution in [0.1, 0.15) is 17.5 Å². The number of benzene rings is 1. The van der Waals surface area contributed by atoms with Crippen LogP contribution in [0.2, 0.25) is 0 Å². The van der Waals surface area contributed by atoms with Gasteiger partial charge in [0.1, 0.15) is 9.84 Å². The van der Waals surface area contributed by atoms with E-state index in [0.29, 0.717) is 13.1 Å². The third-order valence-electron chi connectivity index (χ3n) is 4.46. The summed E-state index contributed by atoms with van der Waals surface area (Å²) in [6.07, 6.45) is 1.34. The number of amides is 1. The van der Waals surface area contributed by atoms with Gasteiger partial charge in [-0.15, -0.1) is 0 Å². The second-order valence-corrected chi connectivity index (χ2v) is 8.81. The SMILES string of the molecule is Cc1ccccc1CN1CCN(C(=O)C(N)CCS(C)(=O)=O)CC1. The summed E-state index contributed by atoms with van der Waals surface area (Å²) in [4.78, 5) is 16.4. The maximum absolute atomic E-state index is 12.3. The lowest BCUT2D eigenvalue weighted by Crippen LogP contribution is -2.53. The van der Waals surface area contributed by atoms with Crippen LogP contribution in [0, 0.1) is 6.92 Å². The van der Waals surface area contributed by atoms with Crippen LogP contribution in [0.25, 0.3) is 0 Å². The van der Waals surface area contributed by atoms with Gasteiger partial charge in [0.25, 0.3) is 0 Å². The quantitative estimate of drug-likeness (QED) is 0.800. The standard InChI is InChI=1S/C17H27N3O3S/c1-14-5-3-4-6-15(14)13-19-8-10-20(11-9-19)17(21)16(18)7-12-24(2,22)23/h3-6,16H,7-13,18H2,1-2H3. The molecule has 1 amide bonds. The van der Waals surface area contributed by atoms with Gasteiger partial charge in [-0.1, -0.05) is 24.3 Å². The third kappa shape index (κ3) is 5.58. The molecule has 0 radical (unpaired) electrons. The second-order valence-electron chi connectivity index (χ2n) is 6.55. The summed E-state index contributed by atoms with van der Waals surface area (Å²) in [6, 6.07) is 7.59. The minimum Gasteiger partial charge on any atom is -0.339 e. The zero-order valence-corrected chi connectivity index (χ0v) is 15.3. The fourth-order valence-corrected chi connectivity index (χ4v) is 3.54. The highest BCUT2D eigenvalue weighted by atomic mass is 32.2. The lowest BCUT2D eigenvalue weighted by atomic mass is 10.1. The van der Waals surface area contributed by atoms with Crippen LogP contribution in [0.3, 0.4) is 0 Å². The van der Waals surface area contributed by atoms with E-state index in [1.165, 1.54) is 11.1 Å². The predicted molar refractivity (Wildman–Crippen MR) is 95.3 cm³/mol. The molecule has 2 rings (SSSR count). The van der Waals surface area contributed by atoms with Gasteiger partial charge in [0, 0.05) is 39.0 Å². The first-order chi connectivity index (χ1) is 11.3. The zero-order valence-electron chi connectivity index (χ0n) is 14.4. The molecule has 6 nitrogen and oxygen atoms in total. The van der Waals surface area contributed by atoms with E-state index >= 15 is 0 Å². The van der Waals surface area contributed by atoms with E-state index in [9.17, 15) is 13.2 Å². The first kappa shape index (κ1) is 18.9. The van der Waals surface area contributed by atoms with Crippen LogP contribution in [-0.4, -0.2) is 68.4 Å². The monoisotopic (exact) mass is 353 g/mol. The summed E-state index contributed by atoms with van der Waals surface area (Å²) >= 11 is 0. The normalized spacial score (nSPS) is 17.7. The molecule has 1 saturated heterocycles. The van der Waals surface area contributed by atoms with Crippen molar-refractivity contribution in [2.24, 2.45) is 5.73 Å². The molecular weight excluding hydrogens is 326 g/mol. The van der Waals surface area contributed by atoms with E-state index in [1.807, 2.05) is 12.1 Å². The fraction of sp³-hybridized carbons (Fsp3) is 0.588. The molecule has 1 aliphatic rings. The lowest BCUT2D eigenvalue weighted by Gasteiger charge is -2.36. The third-order valence-corrected chi connectivity index (χ3v) is 5.43. The van der Waals surface area contributed by atoms with Gasteiger partial charge < -0.3 is 10.6 Å². The van der Waals surface area contributed by atoms with Crippen molar-refractivity contribution in [1.82, 2.24) is 9.80 Å². The second kappa shape index (κ2) is 8.09. The summed E-state index contributed by atoms with van der Waals surface area (Å²) in [7, 11) is -3.09. The Hall–Kier alpha value is -1.44. The number of carbonyl (C=O) groups excluding carboxylic acids is 1. The maximum atomic E-state index is 12.3. The van der Waals surface area contributed by atoms with Gasteiger partial charge in [0.05, 0.1) is 11.8 Å². The molecule has 1 heterocycles. The van der Waals surface area contributed by atoms with E-state index in [2.05, 4.69) is 24.0 Å². The molecule has 134 valence electrons. The number of hydrogen-bond acceptors (Lipinski definition) is 5. The van der Waals surface area contributed by atoms with Crippen LogP contribution >= 0.6 is 0 Å². The number of sulfone groups is 1. The van der Waals surface area contributed by atoms with E-state index in [0.717, 1.165) is 25.9 Å². The number of rotatable bonds is 6. The summed E-state index contributed by atoms with van der Waals surface area (Å²) in [5, 5.41) is 0. The lowest BCUT2D eigenvalue weighted by molar-refractivity contribution is -0.134. The number of hydrogen-bond donors (Lipinski definition) is 1. The fourth-order valence-electron chi connectivity index (χ4n) is 2.85. The van der Waals surface area contributed by atoms with Gasteiger partial charge in [-0.25, -0.2) is 8.42 Å². The minimum atomic E-state index is -3.09. The van der Waals surface area contributed by atoms with Gasteiger partial charge in [0.15, 0.2) is 0 Å². The van der Waals surface area contributed by atoms with Crippen LogP contribution in [0.15, 0.2) is 24.3 Å². The van der Waals surface area contributed by atoms with E-state index in [4.69, 9.17) is 5.73 Å². The smallest absolute Gasteiger partial charge is 0.239 e. The summed E-state index contributed by atoms with van der Waals surface area (Å²) in [5.74, 6) is -0.193. The van der Waals surface area contributed by atoms with Crippen molar-refractivity contribution in [1.29, 1.82) is 0 Å². The number of nitrogens with two attached hydrogens (primary N) is 1. The Bertz CT molecular complexity index is 667. The minimum absolute atomic E-state index is 0.0485. The first-order valence-corrected chi connectivity index (χ1v) is 10.3. The summed E-state index contributed by atoms with van der Waals surface area (Å²) in [6.45, 7) is 5.87. The van der Waals surface area contributed by atoms with Gasteiger partial charge in [-0.3, -0.25) is 9.69 Å². The predicted octanol–water partition coefficient (Wildman–Crippen LogP) is 0.401. The summed E-state index contributed by atoms with van der Waals surface area (Å²) < 4.78 is 22.4. The molecule has 7 heteroatoms. The average Bonchev–Trinajstić information content (AvgIpc) is 2.54. The van der Waals surface area contributed by atoms with Crippen LogP contribution in [0.5, 0.6) is 0 Å². The van der Waals surface area contributed by atoms with Crippen LogP contribution in [-0.2, 0) is 21.2 Å². The molecule has 0 aliphatic carbocycles. The topological polar surface area (TPSA) is 83.7 Å². The molecule has 0 bridgehead atoms. The molecule has 1 unspecified atom stereocenters. The van der Waals surface area contributed by atoms with Crippen molar-refractivity contribution in [3.8, 4) is 0 Å². The Morgan fingerprint density at radius 3 is 2.42 bits per heavy atom. The molecular formula is C17H27N3O3S. The summed E-state index contributed by atoms with van der Waals surface area (Å²) in [5.41, 5.74) is 8.45. The van der Waals surface area contributed by atoms with Gasteiger partial charge >= 0.3 is 0 Å². The van der Waals surface area contributed by atoms with Crippen molar-refractivity contribution < 1.29 is 13.2 Å². The molecule has 0 saturated carbocycles. The number of nitrogens with zero attached hydrogens (tertiary/aromatic N) is 2. The highest BCUT2D eigenvalue weighted by molar-refractivity contribution is 7.90. The highest BCUT2D eigenvalue weighted by Gasteiger charge is 2.25. The molecule has 24 heavy (non-hydrogen) atoms. The number of piperazine rings is 1. The van der Waals surface area contributed by atoms with Crippen molar-refractivity contribution in [3.63, 3.8) is 0 Å².